The second kappa shape index (κ2) is 3.11. The molecule has 2 aromatic rings. The highest BCUT2D eigenvalue weighted by molar-refractivity contribution is 5.08. The lowest BCUT2D eigenvalue weighted by atomic mass is 10.3. The van der Waals surface area contributed by atoms with Gasteiger partial charge in [0.25, 0.3) is 5.82 Å². The van der Waals surface area contributed by atoms with E-state index >= 15 is 0 Å². The molecule has 2 heterocycles. The molecule has 0 amide bonds. The van der Waals surface area contributed by atoms with Gasteiger partial charge in [-0.15, -0.1) is 5.10 Å². The van der Waals surface area contributed by atoms with Gasteiger partial charge in [0.1, 0.15) is 12.4 Å². The van der Waals surface area contributed by atoms with E-state index in [0.717, 1.165) is 5.56 Å². The summed E-state index contributed by atoms with van der Waals surface area (Å²) < 4.78 is 6.48. The fourth-order valence-electron chi connectivity index (χ4n) is 0.992. The van der Waals surface area contributed by atoms with E-state index in [-0.39, 0.29) is 5.82 Å². The highest BCUT2D eigenvalue weighted by Crippen LogP contribution is 2.01. The summed E-state index contributed by atoms with van der Waals surface area (Å²) >= 11 is 0. The summed E-state index contributed by atoms with van der Waals surface area (Å²) in [4.78, 5) is 3.78. The van der Waals surface area contributed by atoms with Gasteiger partial charge in [0.15, 0.2) is 0 Å². The van der Waals surface area contributed by atoms with Crippen LogP contribution in [0.15, 0.2) is 29.3 Å². The van der Waals surface area contributed by atoms with E-state index in [0.29, 0.717) is 6.54 Å². The maximum Gasteiger partial charge on any atom is 0.252 e. The van der Waals surface area contributed by atoms with Crippen LogP contribution in [0.1, 0.15) is 11.4 Å². The summed E-state index contributed by atoms with van der Waals surface area (Å²) in [5.74, 6) is 0.184. The Kier molecular flexibility index (Phi) is 1.81. The van der Waals surface area contributed by atoms with Gasteiger partial charge < -0.3 is 4.42 Å². The molecule has 0 aliphatic rings. The van der Waals surface area contributed by atoms with Crippen molar-refractivity contribution in [2.75, 3.05) is 0 Å². The monoisotopic (exact) mass is 174 g/mol. The van der Waals surface area contributed by atoms with Crippen LogP contribution < -0.4 is 0 Å². The Labute approximate surface area is 74.2 Å². The Hall–Kier alpha value is -2.09. The Morgan fingerprint density at radius 2 is 2.54 bits per heavy atom. The first kappa shape index (κ1) is 7.55. The molecule has 0 fully saturated rings. The summed E-state index contributed by atoms with van der Waals surface area (Å²) in [7, 11) is 0. The van der Waals surface area contributed by atoms with Crippen LogP contribution in [0, 0.1) is 11.3 Å². The first-order valence-electron chi connectivity index (χ1n) is 3.69. The number of rotatable bonds is 2. The summed E-state index contributed by atoms with van der Waals surface area (Å²) in [5, 5.41) is 12.4. The van der Waals surface area contributed by atoms with Crippen LogP contribution >= 0.6 is 0 Å². The van der Waals surface area contributed by atoms with E-state index in [2.05, 4.69) is 10.1 Å². The third-order valence-corrected chi connectivity index (χ3v) is 1.56. The molecule has 0 spiro atoms. The number of nitriles is 1. The molecule has 2 aromatic heterocycles. The van der Waals surface area contributed by atoms with E-state index in [4.69, 9.17) is 9.68 Å². The highest BCUT2D eigenvalue weighted by atomic mass is 16.3. The molecule has 0 radical (unpaired) electrons. The molecule has 0 bridgehead atoms. The fraction of sp³-hybridized carbons (Fsp3) is 0.125. The van der Waals surface area contributed by atoms with Gasteiger partial charge in [0, 0.05) is 5.56 Å². The Morgan fingerprint density at radius 1 is 1.62 bits per heavy atom. The lowest BCUT2D eigenvalue weighted by molar-refractivity contribution is 0.559. The minimum atomic E-state index is 0.184. The van der Waals surface area contributed by atoms with Gasteiger partial charge in [-0.2, -0.15) is 5.26 Å². The van der Waals surface area contributed by atoms with Crippen LogP contribution in [0.5, 0.6) is 0 Å². The third-order valence-electron chi connectivity index (χ3n) is 1.56. The molecule has 0 atom stereocenters. The summed E-state index contributed by atoms with van der Waals surface area (Å²) in [6, 6.07) is 3.70. The number of furan rings is 1. The SMILES string of the molecule is N#Cc1ncn(Cc2ccoc2)n1. The zero-order valence-corrected chi connectivity index (χ0v) is 6.71. The van der Waals surface area contributed by atoms with Crippen molar-refractivity contribution in [3.63, 3.8) is 0 Å². The van der Waals surface area contributed by atoms with Gasteiger partial charge in [0.05, 0.1) is 19.1 Å². The Bertz CT molecular complexity index is 423. The molecule has 0 saturated carbocycles. The molecular weight excluding hydrogens is 168 g/mol. The second-order valence-electron chi connectivity index (χ2n) is 2.51. The van der Waals surface area contributed by atoms with Gasteiger partial charge in [-0.3, -0.25) is 0 Å². The average Bonchev–Trinajstić information content (AvgIpc) is 2.76. The highest BCUT2D eigenvalue weighted by Gasteiger charge is 2.00. The van der Waals surface area contributed by atoms with E-state index in [1.165, 1.54) is 6.33 Å². The van der Waals surface area contributed by atoms with Crippen molar-refractivity contribution in [2.45, 2.75) is 6.54 Å². The zero-order chi connectivity index (χ0) is 9.10. The first-order valence-corrected chi connectivity index (χ1v) is 3.69. The van der Waals surface area contributed by atoms with Crippen LogP contribution in [-0.2, 0) is 6.54 Å². The lowest BCUT2D eigenvalue weighted by Gasteiger charge is -1.93. The van der Waals surface area contributed by atoms with Crippen LogP contribution in [-0.4, -0.2) is 14.8 Å². The summed E-state index contributed by atoms with van der Waals surface area (Å²) in [5.41, 5.74) is 0.995. The predicted molar refractivity (Wildman–Crippen MR) is 42.5 cm³/mol. The van der Waals surface area contributed by atoms with E-state index < -0.39 is 0 Å². The molecule has 13 heavy (non-hydrogen) atoms. The topological polar surface area (TPSA) is 67.6 Å². The van der Waals surface area contributed by atoms with Gasteiger partial charge in [0.2, 0.25) is 0 Å². The first-order chi connectivity index (χ1) is 6.38. The van der Waals surface area contributed by atoms with Crippen molar-refractivity contribution in [2.24, 2.45) is 0 Å². The fourth-order valence-corrected chi connectivity index (χ4v) is 0.992. The van der Waals surface area contributed by atoms with Crippen molar-refractivity contribution in [1.82, 2.24) is 14.8 Å². The maximum absolute atomic E-state index is 8.47. The number of hydrogen-bond acceptors (Lipinski definition) is 4. The maximum atomic E-state index is 8.47. The van der Waals surface area contributed by atoms with E-state index in [9.17, 15) is 0 Å². The van der Waals surface area contributed by atoms with Gasteiger partial charge in [-0.25, -0.2) is 9.67 Å². The van der Waals surface area contributed by atoms with Gasteiger partial charge in [-0.1, -0.05) is 0 Å². The minimum absolute atomic E-state index is 0.184. The average molecular weight is 174 g/mol. The smallest absolute Gasteiger partial charge is 0.252 e. The number of aromatic nitrogens is 3. The van der Waals surface area contributed by atoms with Crippen molar-refractivity contribution < 1.29 is 4.42 Å². The molecule has 5 heteroatoms. The second-order valence-corrected chi connectivity index (χ2v) is 2.51. The van der Waals surface area contributed by atoms with E-state index in [1.54, 1.807) is 17.2 Å². The molecule has 0 N–H and O–H groups in total. The van der Waals surface area contributed by atoms with Crippen molar-refractivity contribution >= 4 is 0 Å². The summed E-state index contributed by atoms with van der Waals surface area (Å²) in [6.07, 6.45) is 4.75. The molecule has 5 nitrogen and oxygen atoms in total. The molecular formula is C8H6N4O. The predicted octanol–water partition coefficient (Wildman–Crippen LogP) is 0.791. The Morgan fingerprint density at radius 3 is 3.15 bits per heavy atom. The third kappa shape index (κ3) is 1.56. The van der Waals surface area contributed by atoms with Gasteiger partial charge >= 0.3 is 0 Å². The molecule has 0 saturated heterocycles. The normalized spacial score (nSPS) is 9.77. The van der Waals surface area contributed by atoms with Crippen molar-refractivity contribution in [1.29, 1.82) is 5.26 Å². The van der Waals surface area contributed by atoms with Crippen LogP contribution in [0.25, 0.3) is 0 Å². The van der Waals surface area contributed by atoms with Crippen LogP contribution in [0.4, 0.5) is 0 Å². The Balaban J connectivity index is 2.15. The van der Waals surface area contributed by atoms with E-state index in [1.807, 2.05) is 12.1 Å². The quantitative estimate of drug-likeness (QED) is 0.675. The zero-order valence-electron chi connectivity index (χ0n) is 6.71. The van der Waals surface area contributed by atoms with Crippen LogP contribution in [0.2, 0.25) is 0 Å². The molecule has 0 aromatic carbocycles. The minimum Gasteiger partial charge on any atom is -0.472 e. The molecule has 2 rings (SSSR count). The van der Waals surface area contributed by atoms with Gasteiger partial charge in [-0.05, 0) is 6.07 Å². The summed E-state index contributed by atoms with van der Waals surface area (Å²) in [6.45, 7) is 0.575. The molecule has 0 unspecified atom stereocenters. The number of nitrogens with zero attached hydrogens (tertiary/aromatic N) is 4. The van der Waals surface area contributed by atoms with Crippen molar-refractivity contribution in [3.05, 3.63) is 36.3 Å². The molecule has 0 aliphatic heterocycles. The largest absolute Gasteiger partial charge is 0.472 e. The van der Waals surface area contributed by atoms with Crippen molar-refractivity contribution in [3.8, 4) is 6.07 Å². The molecule has 0 aliphatic carbocycles. The molecule has 64 valence electrons. The van der Waals surface area contributed by atoms with Crippen LogP contribution in [0.3, 0.4) is 0 Å². The standard InChI is InChI=1S/C8H6N4O/c9-3-8-10-6-12(11-8)4-7-1-2-13-5-7/h1-2,5-6H,4H2. The lowest BCUT2D eigenvalue weighted by Crippen LogP contribution is -1.98. The number of hydrogen-bond donors (Lipinski definition) is 0.